The molecule has 0 saturated carbocycles. The number of rotatable bonds is 14. The van der Waals surface area contributed by atoms with Gasteiger partial charge in [-0.05, 0) is 26.2 Å². The van der Waals surface area contributed by atoms with Crippen molar-refractivity contribution in [1.82, 2.24) is 0 Å². The van der Waals surface area contributed by atoms with Crippen molar-refractivity contribution in [3.63, 3.8) is 0 Å². The summed E-state index contributed by atoms with van der Waals surface area (Å²) in [4.78, 5) is 0. The molecule has 1 rings (SSSR count). The number of ether oxygens (including phenoxy) is 2. The number of unbranched alkanes of at least 4 members (excludes halogenated alkanes) is 10. The van der Waals surface area contributed by atoms with Crippen molar-refractivity contribution in [2.75, 3.05) is 6.61 Å². The van der Waals surface area contributed by atoms with Crippen LogP contribution in [0, 0.1) is 5.92 Å². The first-order valence-electron chi connectivity index (χ1n) is 10.3. The van der Waals surface area contributed by atoms with E-state index in [-0.39, 0.29) is 5.79 Å². The molecule has 0 amide bonds. The van der Waals surface area contributed by atoms with E-state index in [1.165, 1.54) is 83.5 Å². The minimum absolute atomic E-state index is 0.334. The van der Waals surface area contributed by atoms with Crippen molar-refractivity contribution in [2.24, 2.45) is 5.92 Å². The van der Waals surface area contributed by atoms with E-state index in [1.807, 2.05) is 13.8 Å². The fourth-order valence-corrected chi connectivity index (χ4v) is 3.42. The average molecular weight is 327 g/mol. The third-order valence-electron chi connectivity index (χ3n) is 4.87. The lowest BCUT2D eigenvalue weighted by Crippen LogP contribution is -2.21. The van der Waals surface area contributed by atoms with Gasteiger partial charge in [0.05, 0.1) is 12.7 Å². The molecule has 1 aliphatic rings. The van der Waals surface area contributed by atoms with Gasteiger partial charge in [-0.25, -0.2) is 0 Å². The van der Waals surface area contributed by atoms with Crippen molar-refractivity contribution in [1.29, 1.82) is 0 Å². The Morgan fingerprint density at radius 3 is 1.70 bits per heavy atom. The zero-order chi connectivity index (χ0) is 17.0. The highest BCUT2D eigenvalue weighted by Crippen LogP contribution is 2.25. The molecule has 1 aliphatic heterocycles. The average Bonchev–Trinajstić information content (AvgIpc) is 2.83. The lowest BCUT2D eigenvalue weighted by Gasteiger charge is -2.16. The van der Waals surface area contributed by atoms with E-state index in [0.29, 0.717) is 6.10 Å². The van der Waals surface area contributed by atoms with Crippen LogP contribution in [0.25, 0.3) is 0 Å². The van der Waals surface area contributed by atoms with E-state index in [9.17, 15) is 0 Å². The smallest absolute Gasteiger partial charge is 0.163 e. The van der Waals surface area contributed by atoms with E-state index in [2.05, 4.69) is 13.8 Å². The van der Waals surface area contributed by atoms with Gasteiger partial charge in [-0.3, -0.25) is 0 Å². The maximum Gasteiger partial charge on any atom is 0.163 e. The second-order valence-corrected chi connectivity index (χ2v) is 8.31. The standard InChI is InChI=1S/C21H42O2/c1-19(2)16-14-12-10-8-6-5-7-9-11-13-15-17-20-18-22-21(3,4)23-20/h19-20H,5-18H2,1-4H3. The zero-order valence-corrected chi connectivity index (χ0v) is 16.4. The highest BCUT2D eigenvalue weighted by Gasteiger charge is 2.31. The predicted molar refractivity (Wildman–Crippen MR) is 99.8 cm³/mol. The third-order valence-corrected chi connectivity index (χ3v) is 4.87. The molecule has 23 heavy (non-hydrogen) atoms. The van der Waals surface area contributed by atoms with Crippen LogP contribution < -0.4 is 0 Å². The molecule has 1 atom stereocenters. The molecule has 0 N–H and O–H groups in total. The van der Waals surface area contributed by atoms with Gasteiger partial charge >= 0.3 is 0 Å². The fraction of sp³-hybridized carbons (Fsp3) is 1.00. The van der Waals surface area contributed by atoms with Crippen molar-refractivity contribution in [3.05, 3.63) is 0 Å². The fourth-order valence-electron chi connectivity index (χ4n) is 3.42. The monoisotopic (exact) mass is 326 g/mol. The van der Waals surface area contributed by atoms with Crippen LogP contribution in [0.1, 0.15) is 111 Å². The van der Waals surface area contributed by atoms with Gasteiger partial charge in [0.1, 0.15) is 0 Å². The van der Waals surface area contributed by atoms with Gasteiger partial charge in [0.2, 0.25) is 0 Å². The minimum Gasteiger partial charge on any atom is -0.348 e. The maximum atomic E-state index is 5.84. The van der Waals surface area contributed by atoms with Crippen molar-refractivity contribution < 1.29 is 9.47 Å². The molecule has 138 valence electrons. The zero-order valence-electron chi connectivity index (χ0n) is 16.4. The first-order valence-corrected chi connectivity index (χ1v) is 10.3. The van der Waals surface area contributed by atoms with Gasteiger partial charge in [0, 0.05) is 0 Å². The summed E-state index contributed by atoms with van der Waals surface area (Å²) in [6.07, 6.45) is 18.5. The molecule has 2 heteroatoms. The summed E-state index contributed by atoms with van der Waals surface area (Å²) < 4.78 is 11.4. The van der Waals surface area contributed by atoms with Gasteiger partial charge < -0.3 is 9.47 Å². The Balaban J connectivity index is 1.74. The van der Waals surface area contributed by atoms with Crippen LogP contribution in [0.2, 0.25) is 0 Å². The third kappa shape index (κ3) is 12.0. The van der Waals surface area contributed by atoms with E-state index in [1.54, 1.807) is 0 Å². The van der Waals surface area contributed by atoms with E-state index in [4.69, 9.17) is 9.47 Å². The van der Waals surface area contributed by atoms with Crippen molar-refractivity contribution in [3.8, 4) is 0 Å². The summed E-state index contributed by atoms with van der Waals surface area (Å²) in [7, 11) is 0. The SMILES string of the molecule is CC(C)CCCCCCCCCCCCCC1COC(C)(C)O1. The van der Waals surface area contributed by atoms with Crippen LogP contribution in [0.3, 0.4) is 0 Å². The molecule has 1 heterocycles. The largest absolute Gasteiger partial charge is 0.348 e. The number of hydrogen-bond donors (Lipinski definition) is 0. The van der Waals surface area contributed by atoms with Gasteiger partial charge in [0.25, 0.3) is 0 Å². The van der Waals surface area contributed by atoms with E-state index >= 15 is 0 Å². The first-order chi connectivity index (χ1) is 11.0. The summed E-state index contributed by atoms with van der Waals surface area (Å²) in [6.45, 7) is 9.46. The molecule has 0 spiro atoms. The predicted octanol–water partition coefficient (Wildman–Crippen LogP) is 6.87. The summed E-state index contributed by atoms with van der Waals surface area (Å²) in [5, 5.41) is 0. The van der Waals surface area contributed by atoms with Gasteiger partial charge in [-0.2, -0.15) is 0 Å². The Kier molecular flexibility index (Phi) is 11.2. The van der Waals surface area contributed by atoms with Crippen LogP contribution in [0.5, 0.6) is 0 Å². The molecule has 2 nitrogen and oxygen atoms in total. The molecule has 1 fully saturated rings. The molecule has 0 aromatic carbocycles. The first kappa shape index (κ1) is 21.0. The Morgan fingerprint density at radius 1 is 0.783 bits per heavy atom. The van der Waals surface area contributed by atoms with Crippen molar-refractivity contribution in [2.45, 2.75) is 123 Å². The maximum absolute atomic E-state index is 5.84. The highest BCUT2D eigenvalue weighted by molar-refractivity contribution is 4.70. The Morgan fingerprint density at radius 2 is 1.26 bits per heavy atom. The molecule has 1 unspecified atom stereocenters. The lowest BCUT2D eigenvalue weighted by atomic mass is 10.0. The summed E-state index contributed by atoms with van der Waals surface area (Å²) in [5.41, 5.74) is 0. The molecule has 0 aliphatic carbocycles. The Hall–Kier alpha value is -0.0800. The molecule has 0 aromatic rings. The molecular formula is C21H42O2. The topological polar surface area (TPSA) is 18.5 Å². The quantitative estimate of drug-likeness (QED) is 0.324. The minimum atomic E-state index is -0.348. The van der Waals surface area contributed by atoms with Crippen LogP contribution >= 0.6 is 0 Å². The van der Waals surface area contributed by atoms with Crippen LogP contribution in [0.15, 0.2) is 0 Å². The van der Waals surface area contributed by atoms with E-state index in [0.717, 1.165) is 12.5 Å². The molecule has 0 aromatic heterocycles. The molecule has 0 bridgehead atoms. The summed E-state index contributed by atoms with van der Waals surface area (Å²) in [5.74, 6) is 0.536. The lowest BCUT2D eigenvalue weighted by molar-refractivity contribution is -0.139. The number of hydrogen-bond acceptors (Lipinski definition) is 2. The van der Waals surface area contributed by atoms with E-state index < -0.39 is 0 Å². The Bertz CT molecular complexity index is 273. The summed E-state index contributed by atoms with van der Waals surface area (Å²) >= 11 is 0. The molecule has 0 radical (unpaired) electrons. The van der Waals surface area contributed by atoms with Gasteiger partial charge in [0.15, 0.2) is 5.79 Å². The second kappa shape index (κ2) is 12.3. The molecular weight excluding hydrogens is 284 g/mol. The summed E-state index contributed by atoms with van der Waals surface area (Å²) in [6, 6.07) is 0. The van der Waals surface area contributed by atoms with Crippen LogP contribution in [-0.2, 0) is 9.47 Å². The Labute approximate surface area is 145 Å². The van der Waals surface area contributed by atoms with Crippen LogP contribution in [0.4, 0.5) is 0 Å². The highest BCUT2D eigenvalue weighted by atomic mass is 16.7. The second-order valence-electron chi connectivity index (χ2n) is 8.31. The van der Waals surface area contributed by atoms with Gasteiger partial charge in [-0.15, -0.1) is 0 Å². The van der Waals surface area contributed by atoms with Gasteiger partial charge in [-0.1, -0.05) is 90.9 Å². The normalized spacial score (nSPS) is 20.5. The molecule has 1 saturated heterocycles. The van der Waals surface area contributed by atoms with Crippen molar-refractivity contribution >= 4 is 0 Å². The van der Waals surface area contributed by atoms with Crippen LogP contribution in [-0.4, -0.2) is 18.5 Å².